The van der Waals surface area contributed by atoms with E-state index < -0.39 is 5.60 Å². The van der Waals surface area contributed by atoms with Crippen LogP contribution in [0.25, 0.3) is 0 Å². The lowest BCUT2D eigenvalue weighted by molar-refractivity contribution is -0.0178. The van der Waals surface area contributed by atoms with Crippen molar-refractivity contribution in [1.82, 2.24) is 9.88 Å². The molecule has 128 valence electrons. The van der Waals surface area contributed by atoms with Crippen molar-refractivity contribution < 1.29 is 14.6 Å². The second-order valence-electron chi connectivity index (χ2n) is 6.26. The van der Waals surface area contributed by atoms with Crippen LogP contribution in [-0.2, 0) is 5.60 Å². The second-order valence-corrected chi connectivity index (χ2v) is 6.70. The van der Waals surface area contributed by atoms with Crippen LogP contribution in [0.2, 0.25) is 5.02 Å². The largest absolute Gasteiger partial charge is 0.497 e. The van der Waals surface area contributed by atoms with Crippen LogP contribution in [0.15, 0.2) is 36.5 Å². The van der Waals surface area contributed by atoms with E-state index in [0.717, 1.165) is 24.2 Å². The zero-order chi connectivity index (χ0) is 17.3. The first-order chi connectivity index (χ1) is 11.4. The van der Waals surface area contributed by atoms with Crippen molar-refractivity contribution in [2.45, 2.75) is 31.4 Å². The quantitative estimate of drug-likeness (QED) is 0.891. The Morgan fingerprint density at radius 2 is 2.12 bits per heavy atom. The fraction of sp³-hybridized carbons (Fsp3) is 0.389. The van der Waals surface area contributed by atoms with E-state index in [9.17, 15) is 9.90 Å². The van der Waals surface area contributed by atoms with Gasteiger partial charge in [0.15, 0.2) is 0 Å². The molecule has 2 heterocycles. The van der Waals surface area contributed by atoms with E-state index in [1.54, 1.807) is 31.2 Å². The molecule has 6 heteroatoms. The third-order valence-corrected chi connectivity index (χ3v) is 4.93. The first-order valence-electron chi connectivity index (χ1n) is 7.95. The number of aromatic amines is 1. The van der Waals surface area contributed by atoms with Gasteiger partial charge in [-0.3, -0.25) is 4.79 Å². The molecule has 2 N–H and O–H groups in total. The Labute approximate surface area is 146 Å². The number of ether oxygens (including phenoxy) is 1. The van der Waals surface area contributed by atoms with Crippen LogP contribution >= 0.6 is 11.6 Å². The number of halogens is 1. The molecular formula is C18H21ClN2O3. The smallest absolute Gasteiger partial charge is 0.270 e. The molecular weight excluding hydrogens is 328 g/mol. The minimum Gasteiger partial charge on any atom is -0.497 e. The minimum absolute atomic E-state index is 0.141. The Bertz CT molecular complexity index is 724. The van der Waals surface area contributed by atoms with Crippen LogP contribution in [0.5, 0.6) is 5.75 Å². The van der Waals surface area contributed by atoms with Crippen LogP contribution in [0.4, 0.5) is 0 Å². The monoisotopic (exact) mass is 348 g/mol. The standard InChI is InChI=1S/C18H21ClN2O3/c1-18(23,12-5-7-14(24-2)8-6-12)16-4-3-9-21(16)17(22)15-10-13(19)11-20-15/h5-8,10-11,16,20,23H,3-4,9H2,1-2H3/t16-,18-/m0/s1. The Balaban J connectivity index is 1.86. The van der Waals surface area contributed by atoms with Gasteiger partial charge in [0.05, 0.1) is 18.2 Å². The van der Waals surface area contributed by atoms with Crippen molar-refractivity contribution in [3.05, 3.63) is 52.8 Å². The van der Waals surface area contributed by atoms with Crippen LogP contribution < -0.4 is 4.74 Å². The predicted octanol–water partition coefficient (Wildman–Crippen LogP) is 3.19. The summed E-state index contributed by atoms with van der Waals surface area (Å²) in [6, 6.07) is 8.63. The molecule has 3 rings (SSSR count). The summed E-state index contributed by atoms with van der Waals surface area (Å²) in [5, 5.41) is 11.6. The highest BCUT2D eigenvalue weighted by molar-refractivity contribution is 6.30. The number of hydrogen-bond donors (Lipinski definition) is 2. The summed E-state index contributed by atoms with van der Waals surface area (Å²) in [6.07, 6.45) is 3.19. The van der Waals surface area contributed by atoms with Gasteiger partial charge in [-0.05, 0) is 43.5 Å². The van der Waals surface area contributed by atoms with E-state index in [0.29, 0.717) is 17.3 Å². The molecule has 1 aliphatic heterocycles. The lowest BCUT2D eigenvalue weighted by Gasteiger charge is -2.36. The zero-order valence-corrected chi connectivity index (χ0v) is 14.5. The summed E-state index contributed by atoms with van der Waals surface area (Å²) in [7, 11) is 1.60. The fourth-order valence-corrected chi connectivity index (χ4v) is 3.52. The molecule has 0 bridgehead atoms. The predicted molar refractivity (Wildman–Crippen MR) is 92.4 cm³/mol. The summed E-state index contributed by atoms with van der Waals surface area (Å²) in [6.45, 7) is 2.37. The SMILES string of the molecule is COc1ccc([C@](C)(O)[C@@H]2CCCN2C(=O)c2cc(Cl)c[nH]2)cc1. The number of carbonyl (C=O) groups excluding carboxylic acids is 1. The van der Waals surface area contributed by atoms with Gasteiger partial charge in [-0.25, -0.2) is 0 Å². The number of aromatic nitrogens is 1. The van der Waals surface area contributed by atoms with Gasteiger partial charge in [-0.15, -0.1) is 0 Å². The third-order valence-electron chi connectivity index (χ3n) is 4.72. The summed E-state index contributed by atoms with van der Waals surface area (Å²) >= 11 is 5.90. The van der Waals surface area contributed by atoms with E-state index in [1.165, 1.54) is 0 Å². The maximum absolute atomic E-state index is 12.8. The Morgan fingerprint density at radius 1 is 1.42 bits per heavy atom. The number of aliphatic hydroxyl groups is 1. The lowest BCUT2D eigenvalue weighted by Crippen LogP contribution is -2.48. The number of amides is 1. The van der Waals surface area contributed by atoms with Crippen LogP contribution in [0, 0.1) is 0 Å². The first kappa shape index (κ1) is 16.9. The number of likely N-dealkylation sites (tertiary alicyclic amines) is 1. The molecule has 0 saturated carbocycles. The van der Waals surface area contributed by atoms with Crippen molar-refractivity contribution in [3.8, 4) is 5.75 Å². The molecule has 1 saturated heterocycles. The number of nitrogens with one attached hydrogen (secondary N) is 1. The number of carbonyl (C=O) groups is 1. The van der Waals surface area contributed by atoms with Gasteiger partial charge in [0.1, 0.15) is 17.0 Å². The van der Waals surface area contributed by atoms with Crippen molar-refractivity contribution in [2.24, 2.45) is 0 Å². The average molecular weight is 349 g/mol. The Hall–Kier alpha value is -1.98. The second kappa shape index (κ2) is 6.49. The van der Waals surface area contributed by atoms with Gasteiger partial charge < -0.3 is 19.7 Å². The fourth-order valence-electron chi connectivity index (χ4n) is 3.36. The summed E-state index contributed by atoms with van der Waals surface area (Å²) < 4.78 is 5.16. The molecule has 2 atom stereocenters. The molecule has 1 aromatic carbocycles. The molecule has 2 aromatic rings. The highest BCUT2D eigenvalue weighted by Crippen LogP contribution is 2.36. The van der Waals surface area contributed by atoms with Crippen molar-refractivity contribution in [2.75, 3.05) is 13.7 Å². The normalized spacial score (nSPS) is 20.0. The van der Waals surface area contributed by atoms with Crippen LogP contribution in [-0.4, -0.2) is 40.6 Å². The minimum atomic E-state index is -1.14. The zero-order valence-electron chi connectivity index (χ0n) is 13.8. The van der Waals surface area contributed by atoms with Crippen molar-refractivity contribution in [1.29, 1.82) is 0 Å². The van der Waals surface area contributed by atoms with E-state index in [-0.39, 0.29) is 11.9 Å². The Kier molecular flexibility index (Phi) is 4.56. The van der Waals surface area contributed by atoms with Gasteiger partial charge >= 0.3 is 0 Å². The third kappa shape index (κ3) is 3.01. The number of nitrogens with zero attached hydrogens (tertiary/aromatic N) is 1. The molecule has 0 spiro atoms. The molecule has 1 amide bonds. The maximum atomic E-state index is 12.8. The van der Waals surface area contributed by atoms with Crippen molar-refractivity contribution >= 4 is 17.5 Å². The Morgan fingerprint density at radius 3 is 2.71 bits per heavy atom. The van der Waals surface area contributed by atoms with E-state index in [4.69, 9.17) is 16.3 Å². The van der Waals surface area contributed by atoms with E-state index in [1.807, 2.05) is 24.3 Å². The first-order valence-corrected chi connectivity index (χ1v) is 8.33. The molecule has 0 aliphatic carbocycles. The van der Waals surface area contributed by atoms with Gasteiger partial charge in [0, 0.05) is 12.7 Å². The topological polar surface area (TPSA) is 65.6 Å². The average Bonchev–Trinajstić information content (AvgIpc) is 3.23. The number of hydrogen-bond acceptors (Lipinski definition) is 3. The van der Waals surface area contributed by atoms with Crippen LogP contribution in [0.1, 0.15) is 35.8 Å². The van der Waals surface area contributed by atoms with E-state index in [2.05, 4.69) is 4.98 Å². The summed E-state index contributed by atoms with van der Waals surface area (Å²) in [5.74, 6) is 0.591. The van der Waals surface area contributed by atoms with Gasteiger partial charge in [0.25, 0.3) is 5.91 Å². The van der Waals surface area contributed by atoms with Gasteiger partial charge in [-0.1, -0.05) is 23.7 Å². The molecule has 1 aliphatic rings. The lowest BCUT2D eigenvalue weighted by atomic mass is 9.86. The highest BCUT2D eigenvalue weighted by Gasteiger charge is 2.43. The number of methoxy groups -OCH3 is 1. The maximum Gasteiger partial charge on any atom is 0.270 e. The van der Waals surface area contributed by atoms with Gasteiger partial charge in [0.2, 0.25) is 0 Å². The number of rotatable bonds is 4. The summed E-state index contributed by atoms with van der Waals surface area (Å²) in [4.78, 5) is 17.4. The summed E-state index contributed by atoms with van der Waals surface area (Å²) in [5.41, 5.74) is 0.0596. The molecule has 1 aromatic heterocycles. The van der Waals surface area contributed by atoms with Crippen LogP contribution in [0.3, 0.4) is 0 Å². The number of benzene rings is 1. The molecule has 1 fully saturated rings. The number of H-pyrrole nitrogens is 1. The molecule has 0 unspecified atom stereocenters. The van der Waals surface area contributed by atoms with Crippen molar-refractivity contribution in [3.63, 3.8) is 0 Å². The highest BCUT2D eigenvalue weighted by atomic mass is 35.5. The molecule has 0 radical (unpaired) electrons. The molecule has 24 heavy (non-hydrogen) atoms. The molecule has 5 nitrogen and oxygen atoms in total. The van der Waals surface area contributed by atoms with Gasteiger partial charge in [-0.2, -0.15) is 0 Å². The van der Waals surface area contributed by atoms with E-state index >= 15 is 0 Å².